The first-order chi connectivity index (χ1) is 10.7. The van der Waals surface area contributed by atoms with Crippen LogP contribution in [0.5, 0.6) is 5.75 Å². The summed E-state index contributed by atoms with van der Waals surface area (Å²) < 4.78 is 55.3. The molecule has 1 aromatic rings. The molecule has 2 heterocycles. The second kappa shape index (κ2) is 5.46. The van der Waals surface area contributed by atoms with Crippen LogP contribution in [0.3, 0.4) is 0 Å². The summed E-state index contributed by atoms with van der Waals surface area (Å²) in [6.45, 7) is 1.59. The first-order valence-electron chi connectivity index (χ1n) is 7.01. The SMILES string of the molecule is C[C@@H]1Oc2ccc(S(=O)(=O)N[C@@H]3CCS(=O)(=O)C3)cc2NC1=O. The number of sulfonamides is 1. The summed E-state index contributed by atoms with van der Waals surface area (Å²) in [7, 11) is -7.06. The minimum atomic E-state index is -3.88. The van der Waals surface area contributed by atoms with E-state index in [2.05, 4.69) is 10.0 Å². The smallest absolute Gasteiger partial charge is 0.265 e. The van der Waals surface area contributed by atoms with Crippen molar-refractivity contribution in [1.29, 1.82) is 0 Å². The Hall–Kier alpha value is -1.65. The maximum absolute atomic E-state index is 12.4. The summed E-state index contributed by atoms with van der Waals surface area (Å²) in [5.74, 6) is -0.192. The van der Waals surface area contributed by atoms with Crippen molar-refractivity contribution in [1.82, 2.24) is 4.72 Å². The zero-order chi connectivity index (χ0) is 16.8. The number of ether oxygens (including phenoxy) is 1. The van der Waals surface area contributed by atoms with Gasteiger partial charge in [-0.15, -0.1) is 0 Å². The molecular weight excluding hydrogens is 344 g/mol. The van der Waals surface area contributed by atoms with Crippen molar-refractivity contribution in [2.24, 2.45) is 0 Å². The topological polar surface area (TPSA) is 119 Å². The quantitative estimate of drug-likeness (QED) is 0.775. The zero-order valence-electron chi connectivity index (χ0n) is 12.3. The molecule has 0 spiro atoms. The van der Waals surface area contributed by atoms with Gasteiger partial charge in [0.25, 0.3) is 5.91 Å². The normalized spacial score (nSPS) is 26.2. The number of carbonyl (C=O) groups excluding carboxylic acids is 1. The van der Waals surface area contributed by atoms with Crippen molar-refractivity contribution < 1.29 is 26.4 Å². The van der Waals surface area contributed by atoms with Crippen LogP contribution in [0.2, 0.25) is 0 Å². The van der Waals surface area contributed by atoms with Gasteiger partial charge in [0, 0.05) is 6.04 Å². The molecule has 8 nitrogen and oxygen atoms in total. The molecule has 2 aliphatic rings. The summed E-state index contributed by atoms with van der Waals surface area (Å²) in [6.07, 6.45) is -0.393. The van der Waals surface area contributed by atoms with Crippen LogP contribution >= 0.6 is 0 Å². The lowest BCUT2D eigenvalue weighted by Crippen LogP contribution is -2.36. The van der Waals surface area contributed by atoms with E-state index in [0.29, 0.717) is 5.75 Å². The van der Waals surface area contributed by atoms with Crippen molar-refractivity contribution in [3.05, 3.63) is 18.2 Å². The molecule has 2 atom stereocenters. The molecule has 0 bridgehead atoms. The Labute approximate surface area is 134 Å². The number of benzene rings is 1. The van der Waals surface area contributed by atoms with Crippen molar-refractivity contribution in [2.45, 2.75) is 30.4 Å². The Kier molecular flexibility index (Phi) is 3.85. The van der Waals surface area contributed by atoms with Crippen molar-refractivity contribution in [3.63, 3.8) is 0 Å². The van der Waals surface area contributed by atoms with Gasteiger partial charge in [0.1, 0.15) is 5.75 Å². The van der Waals surface area contributed by atoms with Crippen LogP contribution in [0.25, 0.3) is 0 Å². The molecule has 126 valence electrons. The van der Waals surface area contributed by atoms with Crippen LogP contribution < -0.4 is 14.8 Å². The van der Waals surface area contributed by atoms with E-state index < -0.39 is 32.0 Å². The van der Waals surface area contributed by atoms with Crippen LogP contribution in [0.15, 0.2) is 23.1 Å². The van der Waals surface area contributed by atoms with Gasteiger partial charge in [-0.2, -0.15) is 0 Å². The van der Waals surface area contributed by atoms with Gasteiger partial charge in [0.05, 0.1) is 22.1 Å². The van der Waals surface area contributed by atoms with Crippen molar-refractivity contribution in [3.8, 4) is 5.75 Å². The summed E-state index contributed by atoms with van der Waals surface area (Å²) in [6, 6.07) is 3.48. The summed E-state index contributed by atoms with van der Waals surface area (Å²) >= 11 is 0. The highest BCUT2D eigenvalue weighted by molar-refractivity contribution is 7.92. The first-order valence-corrected chi connectivity index (χ1v) is 10.3. The third-order valence-electron chi connectivity index (χ3n) is 3.75. The van der Waals surface area contributed by atoms with Gasteiger partial charge in [-0.25, -0.2) is 21.6 Å². The molecule has 10 heteroatoms. The van der Waals surface area contributed by atoms with Gasteiger partial charge < -0.3 is 10.1 Å². The fourth-order valence-corrected chi connectivity index (χ4v) is 5.61. The van der Waals surface area contributed by atoms with E-state index in [1.165, 1.54) is 18.2 Å². The van der Waals surface area contributed by atoms with Gasteiger partial charge in [-0.05, 0) is 31.5 Å². The van der Waals surface area contributed by atoms with E-state index >= 15 is 0 Å². The summed E-state index contributed by atoms with van der Waals surface area (Å²) in [5.41, 5.74) is 0.273. The number of sulfone groups is 1. The minimum Gasteiger partial charge on any atom is -0.479 e. The molecule has 1 fully saturated rings. The Bertz CT molecular complexity index is 862. The number of hydrogen-bond donors (Lipinski definition) is 2. The molecule has 2 N–H and O–H groups in total. The van der Waals surface area contributed by atoms with Crippen LogP contribution in [-0.2, 0) is 24.7 Å². The zero-order valence-corrected chi connectivity index (χ0v) is 13.9. The average Bonchev–Trinajstić information content (AvgIpc) is 2.78. The van der Waals surface area contributed by atoms with Crippen LogP contribution in [0, 0.1) is 0 Å². The number of rotatable bonds is 3. The predicted octanol–water partition coefficient (Wildman–Crippen LogP) is -0.129. The molecule has 0 saturated carbocycles. The van der Waals surface area contributed by atoms with Gasteiger partial charge in [-0.1, -0.05) is 0 Å². The molecule has 1 saturated heterocycles. The van der Waals surface area contributed by atoms with Crippen LogP contribution in [0.4, 0.5) is 5.69 Å². The van der Waals surface area contributed by atoms with E-state index in [1.54, 1.807) is 6.92 Å². The highest BCUT2D eigenvalue weighted by atomic mass is 32.2. The van der Waals surface area contributed by atoms with E-state index in [0.717, 1.165) is 0 Å². The average molecular weight is 360 g/mol. The first kappa shape index (κ1) is 16.2. The van der Waals surface area contributed by atoms with Crippen LogP contribution in [-0.4, -0.2) is 46.4 Å². The maximum atomic E-state index is 12.4. The lowest BCUT2D eigenvalue weighted by atomic mass is 10.2. The fraction of sp³-hybridized carbons (Fsp3) is 0.462. The monoisotopic (exact) mass is 360 g/mol. The van der Waals surface area contributed by atoms with Crippen molar-refractivity contribution >= 4 is 31.5 Å². The summed E-state index contributed by atoms with van der Waals surface area (Å²) in [4.78, 5) is 11.5. The number of hydrogen-bond acceptors (Lipinski definition) is 6. The molecule has 1 aromatic carbocycles. The number of fused-ring (bicyclic) bond motifs is 1. The second-order valence-electron chi connectivity index (χ2n) is 5.63. The number of anilines is 1. The van der Waals surface area contributed by atoms with Gasteiger partial charge in [0.2, 0.25) is 10.0 Å². The fourth-order valence-electron chi connectivity index (χ4n) is 2.53. The third kappa shape index (κ3) is 3.33. The molecule has 3 rings (SSSR count). The lowest BCUT2D eigenvalue weighted by Gasteiger charge is -2.23. The third-order valence-corrected chi connectivity index (χ3v) is 7.03. The molecule has 23 heavy (non-hydrogen) atoms. The molecule has 0 aliphatic carbocycles. The van der Waals surface area contributed by atoms with Gasteiger partial charge >= 0.3 is 0 Å². The molecule has 2 aliphatic heterocycles. The predicted molar refractivity (Wildman–Crippen MR) is 82.5 cm³/mol. The molecule has 0 radical (unpaired) electrons. The Balaban J connectivity index is 1.84. The van der Waals surface area contributed by atoms with Crippen LogP contribution in [0.1, 0.15) is 13.3 Å². The van der Waals surface area contributed by atoms with E-state index in [-0.39, 0.29) is 34.4 Å². The molecule has 0 unspecified atom stereocenters. The summed E-state index contributed by atoms with van der Waals surface area (Å²) in [5, 5.41) is 2.58. The largest absolute Gasteiger partial charge is 0.479 e. The molecule has 0 aromatic heterocycles. The van der Waals surface area contributed by atoms with E-state index in [4.69, 9.17) is 4.74 Å². The maximum Gasteiger partial charge on any atom is 0.265 e. The lowest BCUT2D eigenvalue weighted by molar-refractivity contribution is -0.122. The minimum absolute atomic E-state index is 0.0217. The Morgan fingerprint density at radius 3 is 2.74 bits per heavy atom. The van der Waals surface area contributed by atoms with Crippen molar-refractivity contribution in [2.75, 3.05) is 16.8 Å². The van der Waals surface area contributed by atoms with E-state index in [1.807, 2.05) is 0 Å². The number of amides is 1. The van der Waals surface area contributed by atoms with E-state index in [9.17, 15) is 21.6 Å². The van der Waals surface area contributed by atoms with Gasteiger partial charge in [0.15, 0.2) is 15.9 Å². The second-order valence-corrected chi connectivity index (χ2v) is 9.57. The molecular formula is C13H16N2O6S2. The Morgan fingerprint density at radius 2 is 2.09 bits per heavy atom. The standard InChI is InChI=1S/C13H16N2O6S2/c1-8-13(16)14-11-6-10(2-3-12(11)21-8)23(19,20)15-9-4-5-22(17,18)7-9/h2-3,6,8-9,15H,4-5,7H2,1H3,(H,14,16)/t8-,9+/m0/s1. The Morgan fingerprint density at radius 1 is 1.35 bits per heavy atom. The highest BCUT2D eigenvalue weighted by Crippen LogP contribution is 2.32. The number of nitrogens with one attached hydrogen (secondary N) is 2. The molecule has 1 amide bonds. The van der Waals surface area contributed by atoms with Gasteiger partial charge in [-0.3, -0.25) is 4.79 Å². The number of carbonyl (C=O) groups is 1. The highest BCUT2D eigenvalue weighted by Gasteiger charge is 2.32.